The van der Waals surface area contributed by atoms with Gasteiger partial charge in [0.15, 0.2) is 5.78 Å². The van der Waals surface area contributed by atoms with Crippen LogP contribution in [-0.2, 0) is 11.3 Å². The van der Waals surface area contributed by atoms with E-state index in [0.29, 0.717) is 23.4 Å². The minimum absolute atomic E-state index is 0.0366. The second kappa shape index (κ2) is 7.72. The number of amides is 2. The maximum Gasteiger partial charge on any atom is 0.255 e. The van der Waals surface area contributed by atoms with E-state index < -0.39 is 6.04 Å². The third-order valence-electron chi connectivity index (χ3n) is 5.08. The first-order valence-corrected chi connectivity index (χ1v) is 9.40. The number of benzene rings is 3. The number of fused-ring (bicyclic) bond motifs is 1. The zero-order chi connectivity index (χ0) is 20.4. The molecule has 1 aliphatic rings. The van der Waals surface area contributed by atoms with Gasteiger partial charge in [-0.2, -0.15) is 0 Å². The summed E-state index contributed by atoms with van der Waals surface area (Å²) in [6, 6.07) is 22.7. The van der Waals surface area contributed by atoms with Gasteiger partial charge in [0.25, 0.3) is 11.8 Å². The molecule has 1 aliphatic heterocycles. The van der Waals surface area contributed by atoms with Crippen LogP contribution in [0.3, 0.4) is 0 Å². The topological polar surface area (TPSA) is 66.5 Å². The summed E-state index contributed by atoms with van der Waals surface area (Å²) in [5.74, 6) is -0.491. The largest absolute Gasteiger partial charge is 0.324 e. The van der Waals surface area contributed by atoms with E-state index in [-0.39, 0.29) is 17.6 Å². The van der Waals surface area contributed by atoms with E-state index in [0.717, 1.165) is 11.1 Å². The van der Waals surface area contributed by atoms with E-state index in [9.17, 15) is 14.4 Å². The molecule has 0 saturated carbocycles. The van der Waals surface area contributed by atoms with E-state index in [1.807, 2.05) is 48.5 Å². The van der Waals surface area contributed by atoms with Gasteiger partial charge in [-0.05, 0) is 48.4 Å². The molecule has 3 aromatic rings. The Morgan fingerprint density at radius 3 is 2.21 bits per heavy atom. The molecule has 4 rings (SSSR count). The van der Waals surface area contributed by atoms with Gasteiger partial charge in [-0.15, -0.1) is 0 Å². The molecule has 5 nitrogen and oxygen atoms in total. The van der Waals surface area contributed by atoms with Crippen LogP contribution in [0.5, 0.6) is 0 Å². The third kappa shape index (κ3) is 3.67. The SMILES string of the molecule is CC(=O)c1ccc(NC(=O)C(c2ccccc2)N2Cc3ccccc3C2=O)cc1. The molecule has 0 fully saturated rings. The molecule has 29 heavy (non-hydrogen) atoms. The zero-order valence-electron chi connectivity index (χ0n) is 16.0. The second-order valence-corrected chi connectivity index (χ2v) is 7.03. The van der Waals surface area contributed by atoms with Crippen molar-refractivity contribution in [2.75, 3.05) is 5.32 Å². The molecular weight excluding hydrogens is 364 g/mol. The number of nitrogens with one attached hydrogen (secondary N) is 1. The van der Waals surface area contributed by atoms with Crippen LogP contribution in [0.4, 0.5) is 5.69 Å². The first kappa shape index (κ1) is 18.6. The van der Waals surface area contributed by atoms with Crippen LogP contribution >= 0.6 is 0 Å². The standard InChI is InChI=1S/C24H20N2O3/c1-16(27)17-11-13-20(14-12-17)25-23(28)22(18-7-3-2-4-8-18)26-15-19-9-5-6-10-21(19)24(26)29/h2-14,22H,15H2,1H3,(H,25,28). The molecule has 2 amide bonds. The van der Waals surface area contributed by atoms with Crippen molar-refractivity contribution >= 4 is 23.3 Å². The smallest absolute Gasteiger partial charge is 0.255 e. The van der Waals surface area contributed by atoms with Crippen molar-refractivity contribution in [2.45, 2.75) is 19.5 Å². The van der Waals surface area contributed by atoms with E-state index >= 15 is 0 Å². The van der Waals surface area contributed by atoms with Gasteiger partial charge in [0.05, 0.1) is 0 Å². The average Bonchev–Trinajstić information content (AvgIpc) is 3.06. The molecule has 0 aliphatic carbocycles. The minimum Gasteiger partial charge on any atom is -0.324 e. The van der Waals surface area contributed by atoms with Crippen molar-refractivity contribution < 1.29 is 14.4 Å². The Bertz CT molecular complexity index is 1070. The molecule has 5 heteroatoms. The molecular formula is C24H20N2O3. The quantitative estimate of drug-likeness (QED) is 0.670. The highest BCUT2D eigenvalue weighted by molar-refractivity contribution is 6.04. The molecule has 1 unspecified atom stereocenters. The highest BCUT2D eigenvalue weighted by Gasteiger charge is 2.37. The number of rotatable bonds is 5. The van der Waals surface area contributed by atoms with Crippen LogP contribution in [0.15, 0.2) is 78.9 Å². The molecule has 0 spiro atoms. The van der Waals surface area contributed by atoms with Crippen LogP contribution in [0.25, 0.3) is 0 Å². The molecule has 144 valence electrons. The third-order valence-corrected chi connectivity index (χ3v) is 5.08. The van der Waals surface area contributed by atoms with E-state index in [1.165, 1.54) is 6.92 Å². The summed E-state index contributed by atoms with van der Waals surface area (Å²) in [7, 11) is 0. The number of hydrogen-bond donors (Lipinski definition) is 1. The zero-order valence-corrected chi connectivity index (χ0v) is 16.0. The van der Waals surface area contributed by atoms with Gasteiger partial charge in [0, 0.05) is 23.4 Å². The van der Waals surface area contributed by atoms with Crippen LogP contribution in [-0.4, -0.2) is 22.5 Å². The molecule has 1 atom stereocenters. The number of anilines is 1. The Morgan fingerprint density at radius 1 is 0.897 bits per heavy atom. The van der Waals surface area contributed by atoms with Gasteiger partial charge in [-0.25, -0.2) is 0 Å². The lowest BCUT2D eigenvalue weighted by molar-refractivity contribution is -0.120. The Labute approximate surface area is 169 Å². The van der Waals surface area contributed by atoms with Gasteiger partial charge < -0.3 is 10.2 Å². The monoisotopic (exact) mass is 384 g/mol. The lowest BCUT2D eigenvalue weighted by atomic mass is 10.0. The molecule has 0 saturated heterocycles. The van der Waals surface area contributed by atoms with Crippen molar-refractivity contribution in [2.24, 2.45) is 0 Å². The minimum atomic E-state index is -0.761. The maximum atomic E-state index is 13.2. The van der Waals surface area contributed by atoms with Crippen molar-refractivity contribution in [3.8, 4) is 0 Å². The van der Waals surface area contributed by atoms with Gasteiger partial charge >= 0.3 is 0 Å². The summed E-state index contributed by atoms with van der Waals surface area (Å²) >= 11 is 0. The Hall–Kier alpha value is -3.73. The summed E-state index contributed by atoms with van der Waals surface area (Å²) < 4.78 is 0. The van der Waals surface area contributed by atoms with Crippen LogP contribution in [0.2, 0.25) is 0 Å². The van der Waals surface area contributed by atoms with E-state index in [4.69, 9.17) is 0 Å². The number of hydrogen-bond acceptors (Lipinski definition) is 3. The summed E-state index contributed by atoms with van der Waals surface area (Å²) in [5.41, 5.74) is 3.44. The maximum absolute atomic E-state index is 13.2. The van der Waals surface area contributed by atoms with Gasteiger partial charge in [0.1, 0.15) is 6.04 Å². The first-order valence-electron chi connectivity index (χ1n) is 9.40. The molecule has 0 radical (unpaired) electrons. The van der Waals surface area contributed by atoms with Gasteiger partial charge in [0.2, 0.25) is 0 Å². The molecule has 1 heterocycles. The average molecular weight is 384 g/mol. The second-order valence-electron chi connectivity index (χ2n) is 7.03. The predicted molar refractivity (Wildman–Crippen MR) is 111 cm³/mol. The van der Waals surface area contributed by atoms with Gasteiger partial charge in [-0.1, -0.05) is 48.5 Å². The molecule has 1 N–H and O–H groups in total. The Kier molecular flexibility index (Phi) is 4.96. The number of Topliss-reactive ketones (excluding diaryl/α,β-unsaturated/α-hetero) is 1. The molecule has 3 aromatic carbocycles. The fraction of sp³-hybridized carbons (Fsp3) is 0.125. The van der Waals surface area contributed by atoms with Gasteiger partial charge in [-0.3, -0.25) is 14.4 Å². The fourth-order valence-corrected chi connectivity index (χ4v) is 3.59. The normalized spacial score (nSPS) is 13.7. The molecule has 0 bridgehead atoms. The van der Waals surface area contributed by atoms with Crippen LogP contribution < -0.4 is 5.32 Å². The Balaban J connectivity index is 1.64. The number of carbonyl (C=O) groups excluding carboxylic acids is 3. The first-order chi connectivity index (χ1) is 14.0. The summed E-state index contributed by atoms with van der Waals surface area (Å²) in [4.78, 5) is 39.3. The summed E-state index contributed by atoms with van der Waals surface area (Å²) in [6.07, 6.45) is 0. The van der Waals surface area contributed by atoms with Crippen molar-refractivity contribution in [1.29, 1.82) is 0 Å². The predicted octanol–water partition coefficient (Wildman–Crippen LogP) is 4.23. The number of carbonyl (C=O) groups is 3. The van der Waals surface area contributed by atoms with Crippen LogP contribution in [0.1, 0.15) is 44.8 Å². The lowest BCUT2D eigenvalue weighted by Gasteiger charge is -2.27. The molecule has 0 aromatic heterocycles. The highest BCUT2D eigenvalue weighted by Crippen LogP contribution is 2.32. The summed E-state index contributed by atoms with van der Waals surface area (Å²) in [5, 5.41) is 2.89. The van der Waals surface area contributed by atoms with E-state index in [1.54, 1.807) is 35.2 Å². The highest BCUT2D eigenvalue weighted by atomic mass is 16.2. The number of ketones is 1. The Morgan fingerprint density at radius 2 is 1.55 bits per heavy atom. The van der Waals surface area contributed by atoms with E-state index in [2.05, 4.69) is 5.32 Å². The van der Waals surface area contributed by atoms with Crippen molar-refractivity contribution in [3.05, 3.63) is 101 Å². The van der Waals surface area contributed by atoms with Crippen LogP contribution in [0, 0.1) is 0 Å². The van der Waals surface area contributed by atoms with Crippen molar-refractivity contribution in [3.63, 3.8) is 0 Å². The van der Waals surface area contributed by atoms with Crippen molar-refractivity contribution in [1.82, 2.24) is 4.90 Å². The lowest BCUT2D eigenvalue weighted by Crippen LogP contribution is -2.37. The number of nitrogens with zero attached hydrogens (tertiary/aromatic N) is 1. The summed E-state index contributed by atoms with van der Waals surface area (Å²) in [6.45, 7) is 1.88. The fourth-order valence-electron chi connectivity index (χ4n) is 3.59.